The van der Waals surface area contributed by atoms with Gasteiger partial charge >= 0.3 is 0 Å². The van der Waals surface area contributed by atoms with Crippen molar-refractivity contribution in [3.05, 3.63) is 6.42 Å². The second-order valence-corrected chi connectivity index (χ2v) is 1.78. The highest BCUT2D eigenvalue weighted by Gasteiger charge is 2.18. The summed E-state index contributed by atoms with van der Waals surface area (Å²) < 4.78 is 0. The van der Waals surface area contributed by atoms with Crippen molar-refractivity contribution in [3.63, 3.8) is 0 Å². The topological polar surface area (TPSA) is 39.1 Å². The Labute approximate surface area is 48.9 Å². The molecule has 1 unspecified atom stereocenters. The van der Waals surface area contributed by atoms with Crippen molar-refractivity contribution in [2.24, 2.45) is 0 Å². The van der Waals surface area contributed by atoms with Crippen molar-refractivity contribution in [3.8, 4) is 6.07 Å². The van der Waals surface area contributed by atoms with E-state index in [2.05, 4.69) is 11.5 Å². The van der Waals surface area contributed by atoms with E-state index < -0.39 is 0 Å². The van der Waals surface area contributed by atoms with E-state index in [4.69, 9.17) is 5.26 Å². The van der Waals surface area contributed by atoms with Crippen LogP contribution in [0, 0.1) is 17.8 Å². The number of hydrogen-bond donors (Lipinski definition) is 1. The van der Waals surface area contributed by atoms with Crippen LogP contribution in [-0.2, 0) is 0 Å². The van der Waals surface area contributed by atoms with E-state index in [1.165, 1.54) is 0 Å². The van der Waals surface area contributed by atoms with Gasteiger partial charge < -0.3 is 0 Å². The molecule has 1 saturated heterocycles. The maximum absolute atomic E-state index is 8.37. The van der Waals surface area contributed by atoms with Gasteiger partial charge in [0, 0.05) is 20.0 Å². The molecule has 1 N–H and O–H groups in total. The molecule has 1 heterocycles. The summed E-state index contributed by atoms with van der Waals surface area (Å²) in [5, 5.41) is 10.2. The highest BCUT2D eigenvalue weighted by molar-refractivity contribution is 5.04. The molecule has 0 spiro atoms. The van der Waals surface area contributed by atoms with Gasteiger partial charge in [0.1, 0.15) is 6.04 Å². The third-order valence-corrected chi connectivity index (χ3v) is 1.23. The third-order valence-electron chi connectivity index (χ3n) is 1.23. The Morgan fingerprint density at radius 3 is 3.00 bits per heavy atom. The maximum atomic E-state index is 8.37. The van der Waals surface area contributed by atoms with Gasteiger partial charge in [0.2, 0.25) is 0 Å². The zero-order valence-electron chi connectivity index (χ0n) is 4.76. The lowest BCUT2D eigenvalue weighted by Gasteiger charge is -2.09. The molecule has 0 aromatic heterocycles. The van der Waals surface area contributed by atoms with Crippen molar-refractivity contribution in [1.29, 1.82) is 5.26 Å². The van der Waals surface area contributed by atoms with Crippen LogP contribution in [0.25, 0.3) is 0 Å². The first-order chi connectivity index (χ1) is 3.84. The van der Waals surface area contributed by atoms with Crippen LogP contribution in [0.15, 0.2) is 0 Å². The predicted octanol–water partition coefficient (Wildman–Crippen LogP) is -0.467. The second kappa shape index (κ2) is 2.12. The summed E-state index contributed by atoms with van der Waals surface area (Å²) in [5.74, 6) is 0. The highest BCUT2D eigenvalue weighted by Crippen LogP contribution is 2.01. The molecular weight excluding hydrogens is 102 g/mol. The number of nitrogens with zero attached hydrogens (tertiary/aromatic N) is 2. The molecule has 0 bridgehead atoms. The van der Waals surface area contributed by atoms with Gasteiger partial charge in [-0.25, -0.2) is 5.01 Å². The first kappa shape index (κ1) is 5.54. The van der Waals surface area contributed by atoms with Gasteiger partial charge in [-0.3, -0.25) is 5.43 Å². The average molecular weight is 110 g/mol. The summed E-state index contributed by atoms with van der Waals surface area (Å²) in [6, 6.07) is 2.09. The molecule has 1 aliphatic rings. The molecule has 3 nitrogen and oxygen atoms in total. The lowest BCUT2D eigenvalue weighted by Crippen LogP contribution is -2.31. The molecule has 8 heavy (non-hydrogen) atoms. The largest absolute Gasteiger partial charge is 0.254 e. The fourth-order valence-corrected chi connectivity index (χ4v) is 0.704. The number of hydrazine groups is 1. The Morgan fingerprint density at radius 1 is 2.00 bits per heavy atom. The van der Waals surface area contributed by atoms with Crippen LogP contribution in [0.5, 0.6) is 0 Å². The van der Waals surface area contributed by atoms with E-state index in [9.17, 15) is 0 Å². The summed E-state index contributed by atoms with van der Waals surface area (Å²) in [5.41, 5.74) is 2.98. The van der Waals surface area contributed by atoms with Gasteiger partial charge in [-0.15, -0.1) is 0 Å². The number of hydrogen-bond acceptors (Lipinski definition) is 3. The molecule has 0 aliphatic carbocycles. The summed E-state index contributed by atoms with van der Waals surface area (Å²) in [6.07, 6.45) is 1.93. The number of rotatable bonds is 0. The molecule has 0 amide bonds. The zero-order valence-corrected chi connectivity index (χ0v) is 4.76. The molecule has 1 atom stereocenters. The Morgan fingerprint density at radius 2 is 2.75 bits per heavy atom. The monoisotopic (exact) mass is 110 g/mol. The van der Waals surface area contributed by atoms with Crippen LogP contribution in [0.3, 0.4) is 0 Å². The quantitative estimate of drug-likeness (QED) is 0.458. The third kappa shape index (κ3) is 0.808. The minimum atomic E-state index is -0.0324. The van der Waals surface area contributed by atoms with Crippen molar-refractivity contribution < 1.29 is 0 Å². The van der Waals surface area contributed by atoms with Crippen LogP contribution in [0.2, 0.25) is 0 Å². The Hall–Kier alpha value is -0.590. The van der Waals surface area contributed by atoms with Gasteiger partial charge in [0.25, 0.3) is 0 Å². The molecule has 1 rings (SSSR count). The van der Waals surface area contributed by atoms with Gasteiger partial charge in [-0.2, -0.15) is 5.26 Å². The first-order valence-electron chi connectivity index (χ1n) is 2.54. The lowest BCUT2D eigenvalue weighted by atomic mass is 10.3. The Bertz CT molecular complexity index is 115. The zero-order chi connectivity index (χ0) is 5.98. The van der Waals surface area contributed by atoms with Crippen LogP contribution >= 0.6 is 0 Å². The van der Waals surface area contributed by atoms with Crippen molar-refractivity contribution >= 4 is 0 Å². The highest BCUT2D eigenvalue weighted by atomic mass is 15.5. The summed E-state index contributed by atoms with van der Waals surface area (Å²) in [6.45, 7) is 0.814. The maximum Gasteiger partial charge on any atom is 0.115 e. The van der Waals surface area contributed by atoms with Crippen molar-refractivity contribution in [2.75, 3.05) is 13.6 Å². The van der Waals surface area contributed by atoms with Crippen LogP contribution < -0.4 is 5.43 Å². The van der Waals surface area contributed by atoms with Crippen LogP contribution in [0.4, 0.5) is 0 Å². The van der Waals surface area contributed by atoms with Crippen LogP contribution in [0.1, 0.15) is 0 Å². The Kier molecular flexibility index (Phi) is 1.47. The minimum absolute atomic E-state index is 0.0324. The molecule has 1 aliphatic heterocycles. The molecule has 3 heteroatoms. The molecular formula is C5H8N3. The van der Waals surface area contributed by atoms with Gasteiger partial charge in [0.15, 0.2) is 0 Å². The predicted molar refractivity (Wildman–Crippen MR) is 29.5 cm³/mol. The Balaban J connectivity index is 2.45. The lowest BCUT2D eigenvalue weighted by molar-refractivity contribution is 0.281. The summed E-state index contributed by atoms with van der Waals surface area (Å²) >= 11 is 0. The molecule has 1 radical (unpaired) electrons. The molecule has 0 aromatic rings. The number of nitrogens with one attached hydrogen (secondary N) is 1. The van der Waals surface area contributed by atoms with E-state index in [1.54, 1.807) is 5.01 Å². The fourth-order valence-electron chi connectivity index (χ4n) is 0.704. The molecule has 43 valence electrons. The number of nitriles is 1. The van der Waals surface area contributed by atoms with Crippen molar-refractivity contribution in [1.82, 2.24) is 10.4 Å². The van der Waals surface area contributed by atoms with E-state index in [0.717, 1.165) is 6.54 Å². The van der Waals surface area contributed by atoms with Gasteiger partial charge in [-0.1, -0.05) is 0 Å². The van der Waals surface area contributed by atoms with E-state index in [-0.39, 0.29) is 6.04 Å². The van der Waals surface area contributed by atoms with Gasteiger partial charge in [-0.05, 0) is 0 Å². The minimum Gasteiger partial charge on any atom is -0.254 e. The summed E-state index contributed by atoms with van der Waals surface area (Å²) in [7, 11) is 1.86. The van der Waals surface area contributed by atoms with Crippen molar-refractivity contribution in [2.45, 2.75) is 6.04 Å². The molecule has 0 aromatic carbocycles. The standard InChI is InChI=1S/C5H8N3/c1-8-5(4-6)2-3-7-8/h2,5,7H,3H2,1H3. The molecule has 1 fully saturated rings. The average Bonchev–Trinajstić information content (AvgIpc) is 2.14. The second-order valence-electron chi connectivity index (χ2n) is 1.78. The van der Waals surface area contributed by atoms with Crippen LogP contribution in [-0.4, -0.2) is 24.6 Å². The normalized spacial score (nSPS) is 30.2. The molecule has 0 saturated carbocycles. The smallest absolute Gasteiger partial charge is 0.115 e. The van der Waals surface area contributed by atoms with E-state index in [1.807, 2.05) is 13.5 Å². The van der Waals surface area contributed by atoms with E-state index in [0.29, 0.717) is 0 Å². The first-order valence-corrected chi connectivity index (χ1v) is 2.54. The summed E-state index contributed by atoms with van der Waals surface area (Å²) in [4.78, 5) is 0. The fraction of sp³-hybridized carbons (Fsp3) is 0.600. The van der Waals surface area contributed by atoms with E-state index >= 15 is 0 Å². The SMILES string of the molecule is CN1NC[CH]C1C#N. The van der Waals surface area contributed by atoms with Gasteiger partial charge in [0.05, 0.1) is 6.07 Å².